The molecule has 33 heavy (non-hydrogen) atoms. The van der Waals surface area contributed by atoms with Crippen LogP contribution in [0.15, 0.2) is 53.4 Å². The number of ether oxygens (including phenoxy) is 2. The largest absolute Gasteiger partial charge is 0.453 e. The van der Waals surface area contributed by atoms with Gasteiger partial charge in [-0.1, -0.05) is 18.2 Å². The van der Waals surface area contributed by atoms with Gasteiger partial charge in [0.2, 0.25) is 10.0 Å². The molecule has 0 bridgehead atoms. The lowest BCUT2D eigenvalue weighted by atomic mass is 10.2. The molecule has 0 saturated carbocycles. The van der Waals surface area contributed by atoms with Crippen LogP contribution in [0.1, 0.15) is 23.2 Å². The number of aromatic amines is 1. The second-order valence-electron chi connectivity index (χ2n) is 7.79. The van der Waals surface area contributed by atoms with E-state index in [1.807, 2.05) is 35.8 Å². The molecule has 1 aliphatic heterocycles. The number of nitrogens with one attached hydrogen (secondary N) is 1. The first kappa shape index (κ1) is 21.6. The SMILES string of the molecule is CCn1c(COC(=O)c2cc3ccccc3[nH]2)nc2cc(S(=O)(=O)N3CCOCC3)ccc21. The second-order valence-corrected chi connectivity index (χ2v) is 9.72. The second kappa shape index (κ2) is 8.62. The third kappa shape index (κ3) is 4.01. The summed E-state index contributed by atoms with van der Waals surface area (Å²) in [7, 11) is -3.62. The molecule has 0 radical (unpaired) electrons. The van der Waals surface area contributed by atoms with Gasteiger partial charge < -0.3 is 19.0 Å². The number of imidazole rings is 1. The normalized spacial score (nSPS) is 15.3. The van der Waals surface area contributed by atoms with Crippen LogP contribution in [0.4, 0.5) is 0 Å². The summed E-state index contributed by atoms with van der Waals surface area (Å²) in [5, 5.41) is 0.930. The maximum absolute atomic E-state index is 13.0. The zero-order chi connectivity index (χ0) is 23.0. The van der Waals surface area contributed by atoms with Crippen molar-refractivity contribution in [3.63, 3.8) is 0 Å². The number of H-pyrrole nitrogens is 1. The van der Waals surface area contributed by atoms with Crippen molar-refractivity contribution in [1.82, 2.24) is 18.8 Å². The van der Waals surface area contributed by atoms with Crippen LogP contribution >= 0.6 is 0 Å². The molecule has 0 atom stereocenters. The van der Waals surface area contributed by atoms with E-state index in [9.17, 15) is 13.2 Å². The van der Waals surface area contributed by atoms with Crippen LogP contribution in [0.5, 0.6) is 0 Å². The smallest absolute Gasteiger partial charge is 0.355 e. The van der Waals surface area contributed by atoms with Crippen molar-refractivity contribution >= 4 is 37.9 Å². The minimum absolute atomic E-state index is 0.0255. The monoisotopic (exact) mass is 468 g/mol. The average molecular weight is 469 g/mol. The lowest BCUT2D eigenvalue weighted by Gasteiger charge is -2.26. The molecule has 3 heterocycles. The van der Waals surface area contributed by atoms with E-state index in [0.717, 1.165) is 16.4 Å². The zero-order valence-electron chi connectivity index (χ0n) is 18.2. The van der Waals surface area contributed by atoms with Crippen molar-refractivity contribution in [3.05, 3.63) is 60.0 Å². The number of morpholine rings is 1. The number of sulfonamides is 1. The molecule has 1 aliphatic rings. The van der Waals surface area contributed by atoms with Crippen LogP contribution < -0.4 is 0 Å². The molecule has 4 aromatic rings. The number of aryl methyl sites for hydroxylation is 1. The van der Waals surface area contributed by atoms with Crippen LogP contribution in [0, 0.1) is 0 Å². The fraction of sp³-hybridized carbons (Fsp3) is 0.304. The Labute approximate surface area is 191 Å². The van der Waals surface area contributed by atoms with E-state index in [1.165, 1.54) is 4.31 Å². The number of benzene rings is 2. The van der Waals surface area contributed by atoms with E-state index in [2.05, 4.69) is 9.97 Å². The Hall–Kier alpha value is -3.21. The Balaban J connectivity index is 1.39. The van der Waals surface area contributed by atoms with Gasteiger partial charge in [0.25, 0.3) is 0 Å². The summed E-state index contributed by atoms with van der Waals surface area (Å²) in [6.07, 6.45) is 0. The Morgan fingerprint density at radius 1 is 1.15 bits per heavy atom. The number of rotatable bonds is 6. The van der Waals surface area contributed by atoms with Crippen LogP contribution in [-0.4, -0.2) is 59.5 Å². The highest BCUT2D eigenvalue weighted by molar-refractivity contribution is 7.89. The number of carbonyl (C=O) groups is 1. The van der Waals surface area contributed by atoms with Crippen LogP contribution in [0.3, 0.4) is 0 Å². The Morgan fingerprint density at radius 3 is 2.70 bits per heavy atom. The van der Waals surface area contributed by atoms with Gasteiger partial charge in [-0.25, -0.2) is 18.2 Å². The molecule has 172 valence electrons. The molecule has 2 aromatic heterocycles. The van der Waals surface area contributed by atoms with Gasteiger partial charge in [-0.2, -0.15) is 4.31 Å². The molecule has 1 fully saturated rings. The Bertz CT molecular complexity index is 1400. The maximum Gasteiger partial charge on any atom is 0.355 e. The van der Waals surface area contributed by atoms with Crippen LogP contribution in [0.2, 0.25) is 0 Å². The highest BCUT2D eigenvalue weighted by atomic mass is 32.2. The quantitative estimate of drug-likeness (QED) is 0.436. The molecule has 10 heteroatoms. The first-order valence-electron chi connectivity index (χ1n) is 10.8. The molecular formula is C23H24N4O5S. The van der Waals surface area contributed by atoms with Gasteiger partial charge in [0, 0.05) is 30.5 Å². The highest BCUT2D eigenvalue weighted by Gasteiger charge is 2.27. The standard InChI is InChI=1S/C23H24N4O5S/c1-2-27-21-8-7-17(33(29,30)26-9-11-31-12-10-26)14-19(21)25-22(27)15-32-23(28)20-13-16-5-3-4-6-18(16)24-20/h3-8,13-14,24H,2,9-12,15H2,1H3. The minimum atomic E-state index is -3.62. The van der Waals surface area contributed by atoms with E-state index in [1.54, 1.807) is 24.3 Å². The fourth-order valence-corrected chi connectivity index (χ4v) is 5.54. The van der Waals surface area contributed by atoms with Gasteiger partial charge in [0.1, 0.15) is 18.1 Å². The summed E-state index contributed by atoms with van der Waals surface area (Å²) in [6, 6.07) is 14.3. The molecule has 0 aliphatic carbocycles. The summed E-state index contributed by atoms with van der Waals surface area (Å²) in [6.45, 7) is 3.98. The first-order valence-corrected chi connectivity index (χ1v) is 12.2. The number of fused-ring (bicyclic) bond motifs is 2. The molecule has 1 N–H and O–H groups in total. The summed E-state index contributed by atoms with van der Waals surface area (Å²) in [4.78, 5) is 20.4. The highest BCUT2D eigenvalue weighted by Crippen LogP contribution is 2.24. The number of esters is 1. The minimum Gasteiger partial charge on any atom is -0.453 e. The van der Waals surface area contributed by atoms with E-state index in [4.69, 9.17) is 9.47 Å². The number of nitrogens with zero attached hydrogens (tertiary/aromatic N) is 3. The molecule has 0 unspecified atom stereocenters. The van der Waals surface area contributed by atoms with Crippen molar-refractivity contribution in [1.29, 1.82) is 0 Å². The number of hydrogen-bond acceptors (Lipinski definition) is 6. The number of carbonyl (C=O) groups excluding carboxylic acids is 1. The summed E-state index contributed by atoms with van der Waals surface area (Å²) in [5.41, 5.74) is 2.56. The fourth-order valence-electron chi connectivity index (χ4n) is 4.11. The van der Waals surface area contributed by atoms with Gasteiger partial charge in [0.15, 0.2) is 0 Å². The van der Waals surface area contributed by atoms with Gasteiger partial charge in [0.05, 0.1) is 29.1 Å². The molecule has 2 aromatic carbocycles. The maximum atomic E-state index is 13.0. The number of hydrogen-bond donors (Lipinski definition) is 1. The van der Waals surface area contributed by atoms with Crippen molar-refractivity contribution in [2.75, 3.05) is 26.3 Å². The van der Waals surface area contributed by atoms with E-state index >= 15 is 0 Å². The van der Waals surface area contributed by atoms with Crippen molar-refractivity contribution in [3.8, 4) is 0 Å². The summed E-state index contributed by atoms with van der Waals surface area (Å²) in [5.74, 6) is 0.0781. The summed E-state index contributed by atoms with van der Waals surface area (Å²) < 4.78 is 40.1. The van der Waals surface area contributed by atoms with Crippen molar-refractivity contribution in [2.24, 2.45) is 0 Å². The van der Waals surface area contributed by atoms with Crippen LogP contribution in [-0.2, 0) is 32.6 Å². The van der Waals surface area contributed by atoms with Gasteiger partial charge in [-0.3, -0.25) is 0 Å². The average Bonchev–Trinajstić information content (AvgIpc) is 3.43. The Kier molecular flexibility index (Phi) is 5.65. The third-order valence-corrected chi connectivity index (χ3v) is 7.70. The predicted octanol–water partition coefficient (Wildman–Crippen LogP) is 2.92. The van der Waals surface area contributed by atoms with Crippen molar-refractivity contribution < 1.29 is 22.7 Å². The molecule has 9 nitrogen and oxygen atoms in total. The topological polar surface area (TPSA) is 107 Å². The molecule has 5 rings (SSSR count). The molecule has 1 saturated heterocycles. The molecular weight excluding hydrogens is 444 g/mol. The molecule has 0 spiro atoms. The predicted molar refractivity (Wildman–Crippen MR) is 122 cm³/mol. The number of para-hydroxylation sites is 1. The van der Waals surface area contributed by atoms with Crippen LogP contribution in [0.25, 0.3) is 21.9 Å². The lowest BCUT2D eigenvalue weighted by molar-refractivity contribution is 0.0453. The summed E-state index contributed by atoms with van der Waals surface area (Å²) >= 11 is 0. The van der Waals surface area contributed by atoms with E-state index in [-0.39, 0.29) is 11.5 Å². The van der Waals surface area contributed by atoms with E-state index < -0.39 is 16.0 Å². The first-order chi connectivity index (χ1) is 16.0. The Morgan fingerprint density at radius 2 is 1.94 bits per heavy atom. The van der Waals surface area contributed by atoms with E-state index in [0.29, 0.717) is 49.9 Å². The van der Waals surface area contributed by atoms with Gasteiger partial charge in [-0.15, -0.1) is 0 Å². The van der Waals surface area contributed by atoms with Crippen molar-refractivity contribution in [2.45, 2.75) is 25.0 Å². The lowest BCUT2D eigenvalue weighted by Crippen LogP contribution is -2.40. The van der Waals surface area contributed by atoms with Gasteiger partial charge >= 0.3 is 5.97 Å². The number of aromatic nitrogens is 3. The third-order valence-electron chi connectivity index (χ3n) is 5.81. The van der Waals surface area contributed by atoms with Gasteiger partial charge in [-0.05, 0) is 37.3 Å². The zero-order valence-corrected chi connectivity index (χ0v) is 19.0. The molecule has 0 amide bonds.